The molecule has 0 aliphatic rings. The van der Waals surface area contributed by atoms with Gasteiger partial charge in [0, 0.05) is 5.41 Å². The van der Waals surface area contributed by atoms with E-state index in [9.17, 15) is 4.79 Å². The third-order valence-electron chi connectivity index (χ3n) is 1.65. The van der Waals surface area contributed by atoms with E-state index in [1.54, 1.807) is 6.08 Å². The van der Waals surface area contributed by atoms with Crippen LogP contribution in [-0.2, 0) is 4.79 Å². The maximum absolute atomic E-state index is 11.5. The van der Waals surface area contributed by atoms with Gasteiger partial charge in [-0.2, -0.15) is 0 Å². The van der Waals surface area contributed by atoms with Gasteiger partial charge in [0.05, 0.1) is 0 Å². The molecule has 0 atom stereocenters. The van der Waals surface area contributed by atoms with Crippen LogP contribution in [0.4, 0.5) is 0 Å². The zero-order valence-electron chi connectivity index (χ0n) is 9.22. The molecular formula is C11H20OS. The van der Waals surface area contributed by atoms with Gasteiger partial charge in [0.15, 0.2) is 5.78 Å². The van der Waals surface area contributed by atoms with Crippen LogP contribution in [0.2, 0.25) is 0 Å². The molecule has 0 N–H and O–H groups in total. The summed E-state index contributed by atoms with van der Waals surface area (Å²) in [6.07, 6.45) is 2.54. The SMILES string of the molecule is CC(C)C/C(S)=C/C(=O)C(C)(C)C. The smallest absolute Gasteiger partial charge is 0.161 e. The van der Waals surface area contributed by atoms with Gasteiger partial charge in [-0.15, -0.1) is 12.6 Å². The van der Waals surface area contributed by atoms with Crippen molar-refractivity contribution in [2.75, 3.05) is 0 Å². The van der Waals surface area contributed by atoms with Crippen LogP contribution in [0.1, 0.15) is 41.0 Å². The highest BCUT2D eigenvalue weighted by Gasteiger charge is 2.18. The Kier molecular flexibility index (Phi) is 4.76. The number of ketones is 1. The summed E-state index contributed by atoms with van der Waals surface area (Å²) in [7, 11) is 0. The largest absolute Gasteiger partial charge is 0.294 e. The molecule has 0 aromatic carbocycles. The molecule has 0 aliphatic carbocycles. The Morgan fingerprint density at radius 1 is 1.38 bits per heavy atom. The third kappa shape index (κ3) is 5.92. The topological polar surface area (TPSA) is 17.1 Å². The predicted octanol–water partition coefficient (Wildman–Crippen LogP) is 3.46. The molecule has 0 spiro atoms. The summed E-state index contributed by atoms with van der Waals surface area (Å²) in [6, 6.07) is 0. The number of allylic oxidation sites excluding steroid dienone is 2. The van der Waals surface area contributed by atoms with Crippen molar-refractivity contribution in [2.45, 2.75) is 41.0 Å². The quantitative estimate of drug-likeness (QED) is 0.545. The molecule has 0 aliphatic heterocycles. The predicted molar refractivity (Wildman–Crippen MR) is 61.0 cm³/mol. The van der Waals surface area contributed by atoms with Crippen LogP contribution in [0.15, 0.2) is 11.0 Å². The molecule has 0 bridgehead atoms. The van der Waals surface area contributed by atoms with Gasteiger partial charge >= 0.3 is 0 Å². The molecule has 0 saturated carbocycles. The molecule has 0 saturated heterocycles. The summed E-state index contributed by atoms with van der Waals surface area (Å²) in [6.45, 7) is 9.99. The number of hydrogen-bond donors (Lipinski definition) is 1. The van der Waals surface area contributed by atoms with Crippen LogP contribution in [-0.4, -0.2) is 5.78 Å². The molecule has 0 rings (SSSR count). The second kappa shape index (κ2) is 4.85. The number of carbonyl (C=O) groups excluding carboxylic acids is 1. The lowest BCUT2D eigenvalue weighted by atomic mass is 9.90. The normalized spacial score (nSPS) is 13.6. The zero-order valence-corrected chi connectivity index (χ0v) is 10.1. The minimum Gasteiger partial charge on any atom is -0.294 e. The van der Waals surface area contributed by atoms with E-state index in [2.05, 4.69) is 26.5 Å². The molecule has 13 heavy (non-hydrogen) atoms. The molecule has 0 heterocycles. The number of carbonyl (C=O) groups is 1. The van der Waals surface area contributed by atoms with Crippen LogP contribution < -0.4 is 0 Å². The van der Waals surface area contributed by atoms with E-state index in [4.69, 9.17) is 0 Å². The van der Waals surface area contributed by atoms with Crippen molar-refractivity contribution < 1.29 is 4.79 Å². The second-order valence-electron chi connectivity index (χ2n) is 4.85. The third-order valence-corrected chi connectivity index (χ3v) is 1.97. The van der Waals surface area contributed by atoms with E-state index in [1.165, 1.54) is 0 Å². The molecule has 1 nitrogen and oxygen atoms in total. The van der Waals surface area contributed by atoms with Crippen LogP contribution >= 0.6 is 12.6 Å². The Labute approximate surface area is 87.0 Å². The molecule has 0 aromatic rings. The Morgan fingerprint density at radius 2 is 1.85 bits per heavy atom. The average molecular weight is 200 g/mol. The minimum atomic E-state index is -0.287. The number of rotatable bonds is 3. The number of thiol groups is 1. The van der Waals surface area contributed by atoms with Crippen molar-refractivity contribution in [1.82, 2.24) is 0 Å². The van der Waals surface area contributed by atoms with E-state index < -0.39 is 0 Å². The van der Waals surface area contributed by atoms with Crippen molar-refractivity contribution in [2.24, 2.45) is 11.3 Å². The highest BCUT2D eigenvalue weighted by Crippen LogP contribution is 2.20. The average Bonchev–Trinajstić information content (AvgIpc) is 1.82. The summed E-state index contributed by atoms with van der Waals surface area (Å²) in [4.78, 5) is 12.4. The Hall–Kier alpha value is -0.240. The van der Waals surface area contributed by atoms with Crippen molar-refractivity contribution in [3.63, 3.8) is 0 Å². The first-order valence-electron chi connectivity index (χ1n) is 4.67. The van der Waals surface area contributed by atoms with Crippen molar-refractivity contribution in [3.8, 4) is 0 Å². The Morgan fingerprint density at radius 3 is 2.15 bits per heavy atom. The first-order chi connectivity index (χ1) is 5.73. The van der Waals surface area contributed by atoms with Crippen molar-refractivity contribution in [1.29, 1.82) is 0 Å². The van der Waals surface area contributed by atoms with E-state index in [0.717, 1.165) is 11.3 Å². The van der Waals surface area contributed by atoms with Gasteiger partial charge < -0.3 is 0 Å². The summed E-state index contributed by atoms with van der Waals surface area (Å²) < 4.78 is 0. The van der Waals surface area contributed by atoms with E-state index in [1.807, 2.05) is 20.8 Å². The minimum absolute atomic E-state index is 0.151. The molecule has 0 amide bonds. The standard InChI is InChI=1S/C11H20OS/c1-8(2)6-9(13)7-10(12)11(3,4)5/h7-8,13H,6H2,1-5H3/b9-7-. The van der Waals surface area contributed by atoms with Gasteiger partial charge in [-0.1, -0.05) is 34.6 Å². The molecule has 0 unspecified atom stereocenters. The fraction of sp³-hybridized carbons (Fsp3) is 0.727. The molecule has 0 radical (unpaired) electrons. The Bertz CT molecular complexity index is 209. The molecule has 0 fully saturated rings. The van der Waals surface area contributed by atoms with E-state index in [-0.39, 0.29) is 11.2 Å². The summed E-state index contributed by atoms with van der Waals surface area (Å²) in [5, 5.41) is 0. The summed E-state index contributed by atoms with van der Waals surface area (Å²) in [5.41, 5.74) is -0.287. The maximum atomic E-state index is 11.5. The molecule has 2 heteroatoms. The highest BCUT2D eigenvalue weighted by molar-refractivity contribution is 7.84. The van der Waals surface area contributed by atoms with Crippen LogP contribution in [0.5, 0.6) is 0 Å². The van der Waals surface area contributed by atoms with Crippen LogP contribution in [0.25, 0.3) is 0 Å². The maximum Gasteiger partial charge on any atom is 0.161 e. The molecule has 0 aromatic heterocycles. The van der Waals surface area contributed by atoms with Gasteiger partial charge in [0.1, 0.15) is 0 Å². The van der Waals surface area contributed by atoms with Gasteiger partial charge in [0.25, 0.3) is 0 Å². The van der Waals surface area contributed by atoms with Crippen molar-refractivity contribution >= 4 is 18.4 Å². The fourth-order valence-electron chi connectivity index (χ4n) is 0.845. The molecule has 76 valence electrons. The van der Waals surface area contributed by atoms with Crippen molar-refractivity contribution in [3.05, 3.63) is 11.0 Å². The number of hydrogen-bond acceptors (Lipinski definition) is 2. The van der Waals surface area contributed by atoms with Gasteiger partial charge in [-0.05, 0) is 23.3 Å². The van der Waals surface area contributed by atoms with Gasteiger partial charge in [0.2, 0.25) is 0 Å². The zero-order chi connectivity index (χ0) is 10.6. The first kappa shape index (κ1) is 12.8. The van der Waals surface area contributed by atoms with E-state index in [0.29, 0.717) is 5.92 Å². The highest BCUT2D eigenvalue weighted by atomic mass is 32.1. The van der Waals surface area contributed by atoms with Gasteiger partial charge in [-0.3, -0.25) is 4.79 Å². The lowest BCUT2D eigenvalue weighted by Gasteiger charge is -2.14. The Balaban J connectivity index is 4.32. The lowest BCUT2D eigenvalue weighted by Crippen LogP contribution is -2.17. The van der Waals surface area contributed by atoms with Crippen LogP contribution in [0.3, 0.4) is 0 Å². The monoisotopic (exact) mass is 200 g/mol. The summed E-state index contributed by atoms with van der Waals surface area (Å²) >= 11 is 4.28. The van der Waals surface area contributed by atoms with E-state index >= 15 is 0 Å². The fourth-order valence-corrected chi connectivity index (χ4v) is 1.33. The second-order valence-corrected chi connectivity index (χ2v) is 5.42. The first-order valence-corrected chi connectivity index (χ1v) is 5.12. The lowest BCUT2D eigenvalue weighted by molar-refractivity contribution is -0.121. The van der Waals surface area contributed by atoms with Crippen LogP contribution in [0, 0.1) is 11.3 Å². The summed E-state index contributed by atoms with van der Waals surface area (Å²) in [5.74, 6) is 0.703. The van der Waals surface area contributed by atoms with Gasteiger partial charge in [-0.25, -0.2) is 0 Å². The molecular weight excluding hydrogens is 180 g/mol.